The van der Waals surface area contributed by atoms with Crippen LogP contribution in [-0.2, 0) is 19.2 Å². The number of ether oxygens (including phenoxy) is 2. The monoisotopic (exact) mass is 496 g/mol. The van der Waals surface area contributed by atoms with Gasteiger partial charge in [0.2, 0.25) is 0 Å². The molecule has 0 spiro atoms. The normalized spacial score (nSPS) is 11.1. The van der Waals surface area contributed by atoms with Crippen molar-refractivity contribution in [3.63, 3.8) is 0 Å². The van der Waals surface area contributed by atoms with Crippen LogP contribution in [0.4, 0.5) is 0 Å². The fourth-order valence-corrected chi connectivity index (χ4v) is 4.12. The molecule has 0 fully saturated rings. The van der Waals surface area contributed by atoms with E-state index in [1.807, 2.05) is 0 Å². The van der Waals surface area contributed by atoms with Crippen LogP contribution < -0.4 is 19.7 Å². The standard InChI is InChI=1S/C29H22O8/c1-18(27(32)33)29(28(34)35,16-25(30)36-23-14-6-10-19-8-2-4-12-21(19)23)17-26(31)37-24-15-7-11-20-9-3-5-13-22(20)24/h2-15H,1,16-17H2,(H,32,33)(H,34,35)/p-2. The Labute approximate surface area is 211 Å². The molecule has 4 aromatic rings. The summed E-state index contributed by atoms with van der Waals surface area (Å²) in [5.41, 5.74) is -3.69. The maximum atomic E-state index is 12.9. The molecule has 0 aliphatic rings. The Balaban J connectivity index is 1.63. The van der Waals surface area contributed by atoms with Crippen LogP contribution in [0.3, 0.4) is 0 Å². The minimum atomic E-state index is -2.68. The lowest BCUT2D eigenvalue weighted by Crippen LogP contribution is -2.50. The molecule has 0 aliphatic heterocycles. The van der Waals surface area contributed by atoms with E-state index in [1.54, 1.807) is 72.8 Å². The quantitative estimate of drug-likeness (QED) is 0.196. The topological polar surface area (TPSA) is 133 Å². The van der Waals surface area contributed by atoms with Crippen molar-refractivity contribution in [2.75, 3.05) is 0 Å². The average molecular weight is 496 g/mol. The van der Waals surface area contributed by atoms with Gasteiger partial charge in [0.25, 0.3) is 0 Å². The number of carbonyl (C=O) groups is 4. The van der Waals surface area contributed by atoms with Crippen molar-refractivity contribution >= 4 is 45.4 Å². The molecule has 0 unspecified atom stereocenters. The highest BCUT2D eigenvalue weighted by molar-refractivity contribution is 6.00. The Kier molecular flexibility index (Phi) is 7.01. The highest BCUT2D eigenvalue weighted by Gasteiger charge is 2.42. The average Bonchev–Trinajstić information content (AvgIpc) is 2.88. The summed E-state index contributed by atoms with van der Waals surface area (Å²) in [6.07, 6.45) is -2.12. The Bertz CT molecular complexity index is 1450. The molecule has 8 nitrogen and oxygen atoms in total. The number of hydrogen-bond donors (Lipinski definition) is 0. The smallest absolute Gasteiger partial charge is 0.312 e. The molecule has 0 radical (unpaired) electrons. The number of fused-ring (bicyclic) bond motifs is 2. The van der Waals surface area contributed by atoms with Crippen LogP contribution in [-0.4, -0.2) is 23.9 Å². The fraction of sp³-hybridized carbons (Fsp3) is 0.103. The summed E-state index contributed by atoms with van der Waals surface area (Å²) in [5.74, 6) is -5.92. The van der Waals surface area contributed by atoms with Crippen LogP contribution in [0.15, 0.2) is 97.1 Å². The van der Waals surface area contributed by atoms with Gasteiger partial charge in [-0.15, -0.1) is 0 Å². The predicted octanol–water partition coefficient (Wildman–Crippen LogP) is 2.33. The molecule has 0 aliphatic carbocycles. The van der Waals surface area contributed by atoms with E-state index in [2.05, 4.69) is 6.58 Å². The SMILES string of the molecule is C=C(C(=O)[O-])C(CC(=O)Oc1cccc2ccccc12)(CC(=O)Oc1cccc2ccccc12)C(=O)[O-]. The summed E-state index contributed by atoms with van der Waals surface area (Å²) in [6.45, 7) is 3.27. The lowest BCUT2D eigenvalue weighted by atomic mass is 9.75. The Morgan fingerprint density at radius 3 is 1.46 bits per heavy atom. The van der Waals surface area contributed by atoms with Gasteiger partial charge in [-0.1, -0.05) is 79.4 Å². The van der Waals surface area contributed by atoms with Gasteiger partial charge in [-0.3, -0.25) is 9.59 Å². The third-order valence-corrected chi connectivity index (χ3v) is 6.05. The van der Waals surface area contributed by atoms with E-state index in [0.717, 1.165) is 10.8 Å². The third-order valence-electron chi connectivity index (χ3n) is 6.05. The molecule has 0 saturated carbocycles. The van der Waals surface area contributed by atoms with Gasteiger partial charge in [0.05, 0.1) is 30.2 Å². The van der Waals surface area contributed by atoms with Gasteiger partial charge in [-0.25, -0.2) is 0 Å². The molecule has 4 aromatic carbocycles. The fourth-order valence-electron chi connectivity index (χ4n) is 4.12. The molecule has 0 atom stereocenters. The Hall–Kier alpha value is -4.98. The molecule has 4 rings (SSSR count). The highest BCUT2D eigenvalue weighted by Crippen LogP contribution is 2.37. The number of carbonyl (C=O) groups excluding carboxylic acids is 4. The summed E-state index contributed by atoms with van der Waals surface area (Å²) < 4.78 is 10.8. The zero-order valence-electron chi connectivity index (χ0n) is 19.5. The number of carboxylic acid groups (broad SMARTS) is 2. The van der Waals surface area contributed by atoms with E-state index >= 15 is 0 Å². The maximum absolute atomic E-state index is 12.9. The molecule has 37 heavy (non-hydrogen) atoms. The minimum absolute atomic E-state index is 0.132. The molecule has 0 bridgehead atoms. The predicted molar refractivity (Wildman–Crippen MR) is 130 cm³/mol. The van der Waals surface area contributed by atoms with Crippen molar-refractivity contribution in [1.29, 1.82) is 0 Å². The van der Waals surface area contributed by atoms with E-state index in [1.165, 1.54) is 12.1 Å². The third kappa shape index (κ3) is 5.18. The molecule has 0 aromatic heterocycles. The van der Waals surface area contributed by atoms with E-state index in [0.29, 0.717) is 10.8 Å². The molecule has 0 saturated heterocycles. The van der Waals surface area contributed by atoms with Gasteiger partial charge in [-0.05, 0) is 28.5 Å². The molecule has 0 amide bonds. The van der Waals surface area contributed by atoms with Gasteiger partial charge < -0.3 is 29.3 Å². The summed E-state index contributed by atoms with van der Waals surface area (Å²) in [6, 6.07) is 23.9. The van der Waals surface area contributed by atoms with Gasteiger partial charge in [0, 0.05) is 10.8 Å². The van der Waals surface area contributed by atoms with E-state index in [4.69, 9.17) is 9.47 Å². The van der Waals surface area contributed by atoms with E-state index in [9.17, 15) is 29.4 Å². The van der Waals surface area contributed by atoms with Crippen LogP contribution in [0.1, 0.15) is 12.8 Å². The first-order chi connectivity index (χ1) is 17.7. The highest BCUT2D eigenvalue weighted by atomic mass is 16.5. The zero-order chi connectivity index (χ0) is 26.6. The molecule has 0 N–H and O–H groups in total. The number of benzene rings is 4. The van der Waals surface area contributed by atoms with Crippen LogP contribution in [0.25, 0.3) is 21.5 Å². The van der Waals surface area contributed by atoms with Gasteiger partial charge in [0.1, 0.15) is 11.5 Å². The second kappa shape index (κ2) is 10.3. The number of hydrogen-bond acceptors (Lipinski definition) is 8. The summed E-state index contributed by atoms with van der Waals surface area (Å²) in [5, 5.41) is 26.6. The van der Waals surface area contributed by atoms with Gasteiger partial charge in [0.15, 0.2) is 0 Å². The number of carboxylic acids is 2. The van der Waals surface area contributed by atoms with Crippen molar-refractivity contribution in [1.82, 2.24) is 0 Å². The van der Waals surface area contributed by atoms with Gasteiger partial charge in [-0.2, -0.15) is 0 Å². The first-order valence-corrected chi connectivity index (χ1v) is 11.2. The summed E-state index contributed by atoms with van der Waals surface area (Å²) >= 11 is 0. The zero-order valence-corrected chi connectivity index (χ0v) is 19.5. The molecule has 186 valence electrons. The van der Waals surface area contributed by atoms with Gasteiger partial charge >= 0.3 is 11.9 Å². The lowest BCUT2D eigenvalue weighted by Gasteiger charge is -2.35. The molecule has 0 heterocycles. The number of rotatable bonds is 9. The molecular weight excluding hydrogens is 476 g/mol. The van der Waals surface area contributed by atoms with E-state index < -0.39 is 47.7 Å². The summed E-state index contributed by atoms with van der Waals surface area (Å²) in [7, 11) is 0. The Morgan fingerprint density at radius 2 is 1.05 bits per heavy atom. The van der Waals surface area contributed by atoms with E-state index in [-0.39, 0.29) is 11.5 Å². The first-order valence-electron chi connectivity index (χ1n) is 11.2. The Morgan fingerprint density at radius 1 is 0.649 bits per heavy atom. The van der Waals surface area contributed by atoms with Crippen molar-refractivity contribution in [3.05, 3.63) is 97.1 Å². The number of aliphatic carboxylic acids is 2. The lowest BCUT2D eigenvalue weighted by molar-refractivity contribution is -0.322. The molecule has 8 heteroatoms. The van der Waals surface area contributed by atoms with Crippen molar-refractivity contribution in [2.45, 2.75) is 12.8 Å². The second-order valence-electron chi connectivity index (χ2n) is 8.39. The second-order valence-corrected chi connectivity index (χ2v) is 8.39. The van der Waals surface area contributed by atoms with Crippen LogP contribution in [0.2, 0.25) is 0 Å². The van der Waals surface area contributed by atoms with Crippen LogP contribution in [0, 0.1) is 5.41 Å². The number of esters is 2. The minimum Gasteiger partial charge on any atom is -0.549 e. The maximum Gasteiger partial charge on any atom is 0.312 e. The van der Waals surface area contributed by atoms with Crippen LogP contribution >= 0.6 is 0 Å². The van der Waals surface area contributed by atoms with Crippen molar-refractivity contribution < 1.29 is 38.9 Å². The largest absolute Gasteiger partial charge is 0.549 e. The molecular formula is C29H20O8-2. The van der Waals surface area contributed by atoms with Crippen molar-refractivity contribution in [2.24, 2.45) is 5.41 Å². The summed E-state index contributed by atoms with van der Waals surface area (Å²) in [4.78, 5) is 49.8. The first kappa shape index (κ1) is 25.1. The van der Waals surface area contributed by atoms with Crippen LogP contribution in [0.5, 0.6) is 11.5 Å². The van der Waals surface area contributed by atoms with Crippen molar-refractivity contribution in [3.8, 4) is 11.5 Å².